The van der Waals surface area contributed by atoms with Crippen molar-refractivity contribution in [2.45, 2.75) is 52.6 Å². The van der Waals surface area contributed by atoms with E-state index < -0.39 is 0 Å². The minimum atomic E-state index is 0. The van der Waals surface area contributed by atoms with Crippen molar-refractivity contribution in [1.82, 2.24) is 15.5 Å². The van der Waals surface area contributed by atoms with Gasteiger partial charge in [-0.25, -0.2) is 0 Å². The van der Waals surface area contributed by atoms with Crippen LogP contribution in [0.2, 0.25) is 0 Å². The molecule has 1 unspecified atom stereocenters. The Kier molecular flexibility index (Phi) is 11.3. The number of nitrogens with one attached hydrogen (secondary N) is 2. The first-order chi connectivity index (χ1) is 13.0. The predicted octanol–water partition coefficient (Wildman–Crippen LogP) is 3.41. The molecule has 2 N–H and O–H groups in total. The van der Waals surface area contributed by atoms with Crippen molar-refractivity contribution < 1.29 is 9.53 Å². The van der Waals surface area contributed by atoms with E-state index in [-0.39, 0.29) is 41.8 Å². The van der Waals surface area contributed by atoms with Gasteiger partial charge in [0, 0.05) is 38.6 Å². The largest absolute Gasteiger partial charge is 0.494 e. The number of carbonyl (C=O) groups excluding carboxylic acids is 1. The van der Waals surface area contributed by atoms with Gasteiger partial charge >= 0.3 is 0 Å². The van der Waals surface area contributed by atoms with Crippen LogP contribution in [-0.4, -0.2) is 49.6 Å². The summed E-state index contributed by atoms with van der Waals surface area (Å²) in [6, 6.07) is 8.38. The van der Waals surface area contributed by atoms with Crippen LogP contribution in [0.25, 0.3) is 0 Å². The number of aliphatic imine (C=N–C) groups is 1. The Labute approximate surface area is 186 Å². The lowest BCUT2D eigenvalue weighted by Gasteiger charge is -2.20. The predicted molar refractivity (Wildman–Crippen MR) is 125 cm³/mol. The summed E-state index contributed by atoms with van der Waals surface area (Å²) in [4.78, 5) is 18.4. The summed E-state index contributed by atoms with van der Waals surface area (Å²) in [7, 11) is 1.77. The lowest BCUT2D eigenvalue weighted by atomic mass is 10.2. The molecule has 1 aliphatic rings. The van der Waals surface area contributed by atoms with Crippen LogP contribution in [0.1, 0.15) is 45.6 Å². The number of benzene rings is 1. The van der Waals surface area contributed by atoms with Gasteiger partial charge in [-0.1, -0.05) is 39.3 Å². The van der Waals surface area contributed by atoms with E-state index in [1.54, 1.807) is 7.05 Å². The van der Waals surface area contributed by atoms with Gasteiger partial charge in [-0.3, -0.25) is 9.79 Å². The van der Waals surface area contributed by atoms with E-state index in [1.165, 1.54) is 0 Å². The number of amides is 1. The molecule has 0 spiro atoms. The molecule has 7 heteroatoms. The molecule has 1 aromatic rings. The highest BCUT2D eigenvalue weighted by atomic mass is 127. The third-order valence-corrected chi connectivity index (χ3v) is 4.68. The number of hydrogen-bond acceptors (Lipinski definition) is 3. The summed E-state index contributed by atoms with van der Waals surface area (Å²) < 4.78 is 5.77. The van der Waals surface area contributed by atoms with Gasteiger partial charge in [0.25, 0.3) is 0 Å². The van der Waals surface area contributed by atoms with Crippen molar-refractivity contribution in [3.8, 4) is 5.75 Å². The molecule has 1 atom stereocenters. The number of unbranched alkanes of at least 4 members (excludes halogenated alkanes) is 1. The Balaban J connectivity index is 0.00000392. The summed E-state index contributed by atoms with van der Waals surface area (Å²) in [5.41, 5.74) is 1.15. The second-order valence-electron chi connectivity index (χ2n) is 7.34. The molecular formula is C21H35IN4O2. The highest BCUT2D eigenvalue weighted by Crippen LogP contribution is 2.14. The van der Waals surface area contributed by atoms with E-state index in [9.17, 15) is 4.79 Å². The first-order valence-electron chi connectivity index (χ1n) is 10.0. The Morgan fingerprint density at radius 2 is 2.18 bits per heavy atom. The van der Waals surface area contributed by atoms with Gasteiger partial charge in [0.2, 0.25) is 5.91 Å². The van der Waals surface area contributed by atoms with Gasteiger partial charge in [-0.15, -0.1) is 24.0 Å². The number of carbonyl (C=O) groups is 1. The Hall–Kier alpha value is -1.51. The fraction of sp³-hybridized carbons (Fsp3) is 0.619. The summed E-state index contributed by atoms with van der Waals surface area (Å²) in [6.07, 6.45) is 3.14. The third-order valence-electron chi connectivity index (χ3n) is 4.68. The van der Waals surface area contributed by atoms with E-state index in [0.717, 1.165) is 56.2 Å². The van der Waals surface area contributed by atoms with E-state index in [4.69, 9.17) is 4.74 Å². The van der Waals surface area contributed by atoms with Crippen LogP contribution >= 0.6 is 24.0 Å². The number of halogens is 1. The van der Waals surface area contributed by atoms with Crippen LogP contribution in [0.5, 0.6) is 5.75 Å². The maximum Gasteiger partial charge on any atom is 0.225 e. The van der Waals surface area contributed by atoms with Gasteiger partial charge < -0.3 is 20.3 Å². The molecule has 28 heavy (non-hydrogen) atoms. The molecule has 0 saturated carbocycles. The van der Waals surface area contributed by atoms with Crippen molar-refractivity contribution >= 4 is 35.8 Å². The summed E-state index contributed by atoms with van der Waals surface area (Å²) >= 11 is 0. The molecule has 1 aromatic carbocycles. The molecule has 1 saturated heterocycles. The lowest BCUT2D eigenvalue weighted by Crippen LogP contribution is -2.45. The van der Waals surface area contributed by atoms with Gasteiger partial charge in [0.1, 0.15) is 5.75 Å². The quantitative estimate of drug-likeness (QED) is 0.248. The SMILES string of the molecule is CCCCOc1cccc(CNC(=NC)NC2CCN(C(=O)C(C)C)C2)c1.I. The van der Waals surface area contributed by atoms with Crippen molar-refractivity contribution in [3.63, 3.8) is 0 Å². The average molecular weight is 502 g/mol. The van der Waals surface area contributed by atoms with E-state index >= 15 is 0 Å². The normalized spacial score (nSPS) is 16.7. The lowest BCUT2D eigenvalue weighted by molar-refractivity contribution is -0.133. The van der Waals surface area contributed by atoms with Crippen LogP contribution in [0.3, 0.4) is 0 Å². The first-order valence-corrected chi connectivity index (χ1v) is 10.0. The van der Waals surface area contributed by atoms with Crippen molar-refractivity contribution in [2.75, 3.05) is 26.7 Å². The number of hydrogen-bond donors (Lipinski definition) is 2. The summed E-state index contributed by atoms with van der Waals surface area (Å²) in [5, 5.41) is 6.78. The maximum absolute atomic E-state index is 12.1. The zero-order valence-corrected chi connectivity index (χ0v) is 19.9. The summed E-state index contributed by atoms with van der Waals surface area (Å²) in [6.45, 7) is 9.02. The highest BCUT2D eigenvalue weighted by molar-refractivity contribution is 14.0. The Bertz CT molecular complexity index is 637. The second-order valence-corrected chi connectivity index (χ2v) is 7.34. The van der Waals surface area contributed by atoms with Crippen molar-refractivity contribution in [3.05, 3.63) is 29.8 Å². The average Bonchev–Trinajstić information content (AvgIpc) is 3.13. The molecular weight excluding hydrogens is 467 g/mol. The Morgan fingerprint density at radius 3 is 2.86 bits per heavy atom. The molecule has 2 rings (SSSR count). The van der Waals surface area contributed by atoms with Crippen molar-refractivity contribution in [2.24, 2.45) is 10.9 Å². The van der Waals surface area contributed by atoms with Crippen LogP contribution in [-0.2, 0) is 11.3 Å². The molecule has 1 amide bonds. The standard InChI is InChI=1S/C21H34N4O2.HI/c1-5-6-12-27-19-9-7-8-17(13-19)14-23-21(22-4)24-18-10-11-25(15-18)20(26)16(2)3;/h7-9,13,16,18H,5-6,10-12,14-15H2,1-4H3,(H2,22,23,24);1H. The summed E-state index contributed by atoms with van der Waals surface area (Å²) in [5.74, 6) is 1.94. The first kappa shape index (κ1) is 24.5. The van der Waals surface area contributed by atoms with Crippen LogP contribution in [0.15, 0.2) is 29.3 Å². The van der Waals surface area contributed by atoms with E-state index in [2.05, 4.69) is 34.7 Å². The van der Waals surface area contributed by atoms with Gasteiger partial charge in [-0.2, -0.15) is 0 Å². The number of rotatable bonds is 8. The zero-order valence-electron chi connectivity index (χ0n) is 17.5. The topological polar surface area (TPSA) is 66.0 Å². The number of ether oxygens (including phenoxy) is 1. The van der Waals surface area contributed by atoms with E-state index in [0.29, 0.717) is 6.54 Å². The molecule has 0 radical (unpaired) electrons. The van der Waals surface area contributed by atoms with E-state index in [1.807, 2.05) is 30.9 Å². The molecule has 158 valence electrons. The molecule has 0 aromatic heterocycles. The minimum Gasteiger partial charge on any atom is -0.494 e. The zero-order chi connectivity index (χ0) is 19.6. The number of likely N-dealkylation sites (tertiary alicyclic amines) is 1. The minimum absolute atomic E-state index is 0. The molecule has 1 aliphatic heterocycles. The third kappa shape index (κ3) is 7.85. The van der Waals surface area contributed by atoms with Gasteiger partial charge in [0.15, 0.2) is 5.96 Å². The molecule has 1 heterocycles. The smallest absolute Gasteiger partial charge is 0.225 e. The Morgan fingerprint density at radius 1 is 1.39 bits per heavy atom. The van der Waals surface area contributed by atoms with Crippen molar-refractivity contribution in [1.29, 1.82) is 0 Å². The van der Waals surface area contributed by atoms with Gasteiger partial charge in [-0.05, 0) is 30.5 Å². The van der Waals surface area contributed by atoms with Crippen LogP contribution in [0.4, 0.5) is 0 Å². The van der Waals surface area contributed by atoms with Gasteiger partial charge in [0.05, 0.1) is 6.61 Å². The molecule has 0 aliphatic carbocycles. The number of nitrogens with zero attached hydrogens (tertiary/aromatic N) is 2. The molecule has 0 bridgehead atoms. The second kappa shape index (κ2) is 12.9. The maximum atomic E-state index is 12.1. The molecule has 6 nitrogen and oxygen atoms in total. The highest BCUT2D eigenvalue weighted by Gasteiger charge is 2.27. The van der Waals surface area contributed by atoms with Crippen LogP contribution in [0, 0.1) is 5.92 Å². The monoisotopic (exact) mass is 502 g/mol. The molecule has 1 fully saturated rings. The fourth-order valence-corrected chi connectivity index (χ4v) is 3.10. The fourth-order valence-electron chi connectivity index (χ4n) is 3.10. The number of guanidine groups is 1. The van der Waals surface area contributed by atoms with Crippen LogP contribution < -0.4 is 15.4 Å².